The van der Waals surface area contributed by atoms with Crippen molar-refractivity contribution in [3.63, 3.8) is 0 Å². The number of hydrogen-bond acceptors (Lipinski definition) is 1. The number of halogens is 6. The smallest absolute Gasteiger partial charge is 0.299 e. The lowest BCUT2D eigenvalue weighted by Crippen LogP contribution is -2.46. The average Bonchev–Trinajstić information content (AvgIpc) is 2.95. The number of hydrogen-bond donors (Lipinski definition) is 0. The van der Waals surface area contributed by atoms with Gasteiger partial charge in [0.05, 0.1) is 0 Å². The Morgan fingerprint density at radius 1 is 1.03 bits per heavy atom. The first-order valence-electron chi connectivity index (χ1n) is 11.6. The Kier molecular flexibility index (Phi) is 7.79. The summed E-state index contributed by atoms with van der Waals surface area (Å²) in [5.41, 5.74) is -4.19. The zero-order chi connectivity index (χ0) is 24.6. The Balaban J connectivity index is 2.29. The summed E-state index contributed by atoms with van der Waals surface area (Å²) in [5.74, 6) is 4.06. The molecule has 0 radical (unpaired) electrons. The van der Waals surface area contributed by atoms with Crippen molar-refractivity contribution in [2.24, 2.45) is 34.0 Å². The Hall–Kier alpha value is -1.19. The highest BCUT2D eigenvalue weighted by molar-refractivity contribution is 5.83. The van der Waals surface area contributed by atoms with E-state index in [1.807, 2.05) is 0 Å². The normalized spacial score (nSPS) is 28.2. The van der Waals surface area contributed by atoms with Gasteiger partial charge in [-0.25, -0.2) is 0 Å². The molecule has 4 atom stereocenters. The van der Waals surface area contributed by atoms with E-state index in [4.69, 9.17) is 0 Å². The number of carbonyl (C=O) groups is 1. The quantitative estimate of drug-likeness (QED) is 0.295. The van der Waals surface area contributed by atoms with Crippen LogP contribution in [0.2, 0.25) is 0 Å². The lowest BCUT2D eigenvalue weighted by molar-refractivity contribution is -0.310. The number of ketones is 1. The molecule has 0 spiro atoms. The summed E-state index contributed by atoms with van der Waals surface area (Å²) in [6.45, 7) is 8.51. The van der Waals surface area contributed by atoms with E-state index in [9.17, 15) is 31.1 Å². The van der Waals surface area contributed by atoms with Gasteiger partial charge in [-0.2, -0.15) is 26.3 Å². The van der Waals surface area contributed by atoms with Crippen LogP contribution >= 0.6 is 0 Å². The Morgan fingerprint density at radius 3 is 2.16 bits per heavy atom. The first kappa shape index (κ1) is 27.1. The van der Waals surface area contributed by atoms with Gasteiger partial charge in [-0.15, -0.1) is 5.92 Å². The fourth-order valence-electron chi connectivity index (χ4n) is 5.75. The SMILES string of the molecule is CC(C)(C)CCCC(CC#CC(C)(C(F)(F)F)C(F)(F)F)C1CCC2C(=O)CCC[C@@]21C. The molecular formula is C25H36F6O. The summed E-state index contributed by atoms with van der Waals surface area (Å²) < 4.78 is 79.3. The van der Waals surface area contributed by atoms with Crippen molar-refractivity contribution in [3.05, 3.63) is 0 Å². The molecule has 2 rings (SSSR count). The fourth-order valence-corrected chi connectivity index (χ4v) is 5.75. The van der Waals surface area contributed by atoms with E-state index in [-0.39, 0.29) is 47.7 Å². The maximum Gasteiger partial charge on any atom is 0.413 e. The standard InChI is InChI=1S/C25H36F6O/c1-21(2,3)14-6-9-17(10-7-16-23(5,24(26,27)28)25(29,30)31)18-12-13-19-20(32)11-8-15-22(18,19)4/h17-19H,6,8-15H2,1-5H3/t17?,18?,19?,22-/m1/s1. The van der Waals surface area contributed by atoms with Crippen LogP contribution in [0.1, 0.15) is 92.4 Å². The van der Waals surface area contributed by atoms with Gasteiger partial charge in [0.2, 0.25) is 5.41 Å². The van der Waals surface area contributed by atoms with Gasteiger partial charge in [0.1, 0.15) is 5.78 Å². The van der Waals surface area contributed by atoms with Gasteiger partial charge in [-0.3, -0.25) is 4.79 Å². The Morgan fingerprint density at radius 2 is 1.62 bits per heavy atom. The van der Waals surface area contributed by atoms with E-state index >= 15 is 0 Å². The molecule has 0 aromatic carbocycles. The molecular weight excluding hydrogens is 430 g/mol. The molecule has 0 aromatic heterocycles. The third-order valence-corrected chi connectivity index (χ3v) is 7.84. The van der Waals surface area contributed by atoms with Crippen LogP contribution in [0.15, 0.2) is 0 Å². The monoisotopic (exact) mass is 466 g/mol. The molecule has 184 valence electrons. The Bertz CT molecular complexity index is 719. The second-order valence-corrected chi connectivity index (χ2v) is 11.4. The van der Waals surface area contributed by atoms with Gasteiger partial charge < -0.3 is 0 Å². The van der Waals surface area contributed by atoms with Crippen LogP contribution in [0.3, 0.4) is 0 Å². The number of carbonyl (C=O) groups excluding carboxylic acids is 1. The van der Waals surface area contributed by atoms with E-state index in [1.165, 1.54) is 0 Å². The van der Waals surface area contributed by atoms with Gasteiger partial charge in [-0.1, -0.05) is 40.0 Å². The summed E-state index contributed by atoms with van der Waals surface area (Å²) in [7, 11) is 0. The zero-order valence-electron chi connectivity index (χ0n) is 19.8. The van der Waals surface area contributed by atoms with Crippen LogP contribution in [0, 0.1) is 45.8 Å². The molecule has 2 aliphatic carbocycles. The van der Waals surface area contributed by atoms with Gasteiger partial charge in [0.25, 0.3) is 0 Å². The number of Topliss-reactive ketones (excluding diaryl/α,β-unsaturated/α-hetero) is 1. The maximum absolute atomic E-state index is 13.2. The highest BCUT2D eigenvalue weighted by Gasteiger charge is 2.67. The van der Waals surface area contributed by atoms with Crippen molar-refractivity contribution in [1.29, 1.82) is 0 Å². The molecule has 0 amide bonds. The van der Waals surface area contributed by atoms with Crippen molar-refractivity contribution in [3.8, 4) is 11.8 Å². The zero-order valence-corrected chi connectivity index (χ0v) is 19.8. The van der Waals surface area contributed by atoms with Crippen LogP contribution in [-0.4, -0.2) is 18.1 Å². The molecule has 2 fully saturated rings. The second-order valence-electron chi connectivity index (χ2n) is 11.4. The van der Waals surface area contributed by atoms with Gasteiger partial charge in [0.15, 0.2) is 0 Å². The van der Waals surface area contributed by atoms with Crippen molar-refractivity contribution in [2.75, 3.05) is 0 Å². The molecule has 0 N–H and O–H groups in total. The molecule has 7 heteroatoms. The van der Waals surface area contributed by atoms with E-state index in [0.29, 0.717) is 12.8 Å². The summed E-state index contributed by atoms with van der Waals surface area (Å²) in [6.07, 6.45) is -4.80. The van der Waals surface area contributed by atoms with E-state index in [2.05, 4.69) is 33.6 Å². The van der Waals surface area contributed by atoms with Gasteiger partial charge >= 0.3 is 12.4 Å². The summed E-state index contributed by atoms with van der Waals surface area (Å²) in [5, 5.41) is 0. The minimum absolute atomic E-state index is 0.00688. The van der Waals surface area contributed by atoms with Crippen LogP contribution in [-0.2, 0) is 4.79 Å². The summed E-state index contributed by atoms with van der Waals surface area (Å²) in [4.78, 5) is 12.5. The molecule has 0 bridgehead atoms. The molecule has 0 heterocycles. The molecule has 0 saturated heterocycles. The van der Waals surface area contributed by atoms with Crippen molar-refractivity contribution in [2.45, 2.75) is 105 Å². The third-order valence-electron chi connectivity index (χ3n) is 7.84. The second kappa shape index (κ2) is 9.22. The molecule has 0 aliphatic heterocycles. The van der Waals surface area contributed by atoms with Gasteiger partial charge in [0, 0.05) is 18.8 Å². The van der Waals surface area contributed by atoms with Crippen LogP contribution in [0.5, 0.6) is 0 Å². The third kappa shape index (κ3) is 5.65. The number of fused-ring (bicyclic) bond motifs is 1. The summed E-state index contributed by atoms with van der Waals surface area (Å²) >= 11 is 0. The number of alkyl halides is 6. The topological polar surface area (TPSA) is 17.1 Å². The average molecular weight is 467 g/mol. The molecule has 0 aromatic rings. The largest absolute Gasteiger partial charge is 0.413 e. The van der Waals surface area contributed by atoms with Crippen LogP contribution in [0.4, 0.5) is 26.3 Å². The molecule has 3 unspecified atom stereocenters. The highest BCUT2D eigenvalue weighted by atomic mass is 19.4. The minimum Gasteiger partial charge on any atom is -0.299 e. The van der Waals surface area contributed by atoms with Crippen LogP contribution in [0.25, 0.3) is 0 Å². The van der Waals surface area contributed by atoms with Crippen molar-refractivity contribution in [1.82, 2.24) is 0 Å². The fraction of sp³-hybridized carbons (Fsp3) is 0.880. The van der Waals surface area contributed by atoms with Crippen molar-refractivity contribution >= 4 is 5.78 Å². The molecule has 2 saturated carbocycles. The maximum atomic E-state index is 13.2. The van der Waals surface area contributed by atoms with E-state index in [0.717, 1.165) is 38.5 Å². The summed E-state index contributed by atoms with van der Waals surface area (Å²) in [6, 6.07) is 0. The van der Waals surface area contributed by atoms with Crippen LogP contribution < -0.4 is 0 Å². The minimum atomic E-state index is -5.50. The highest BCUT2D eigenvalue weighted by Crippen LogP contribution is 2.58. The van der Waals surface area contributed by atoms with Gasteiger partial charge in [-0.05, 0) is 68.1 Å². The predicted octanol–water partition coefficient (Wildman–Crippen LogP) is 8.13. The predicted molar refractivity (Wildman–Crippen MR) is 113 cm³/mol. The molecule has 32 heavy (non-hydrogen) atoms. The van der Waals surface area contributed by atoms with Crippen molar-refractivity contribution < 1.29 is 31.1 Å². The first-order chi connectivity index (χ1) is 14.4. The molecule has 2 aliphatic rings. The first-order valence-corrected chi connectivity index (χ1v) is 11.6. The lowest BCUT2D eigenvalue weighted by Gasteiger charge is -2.43. The molecule has 1 nitrogen and oxygen atoms in total. The Labute approximate surface area is 188 Å². The van der Waals surface area contributed by atoms with E-state index < -0.39 is 17.8 Å². The number of rotatable bonds is 5. The van der Waals surface area contributed by atoms with E-state index in [1.54, 1.807) is 5.92 Å². The lowest BCUT2D eigenvalue weighted by atomic mass is 9.61.